The fourth-order valence-electron chi connectivity index (χ4n) is 1.81. The van der Waals surface area contributed by atoms with Crippen molar-refractivity contribution >= 4 is 17.7 Å². The summed E-state index contributed by atoms with van der Waals surface area (Å²) in [6.07, 6.45) is 2.20. The molecule has 0 fully saturated rings. The van der Waals surface area contributed by atoms with E-state index in [4.69, 9.17) is 5.11 Å². The number of anilines is 1. The van der Waals surface area contributed by atoms with E-state index in [9.17, 15) is 9.59 Å². The van der Waals surface area contributed by atoms with Gasteiger partial charge in [0, 0.05) is 6.54 Å². The summed E-state index contributed by atoms with van der Waals surface area (Å²) in [5.41, 5.74) is 0.404. The second-order valence-electron chi connectivity index (χ2n) is 4.50. The maximum Gasteiger partial charge on any atom is 0.354 e. The average Bonchev–Trinajstić information content (AvgIpc) is 2.48. The number of amides is 2. The summed E-state index contributed by atoms with van der Waals surface area (Å²) in [6, 6.07) is 2.53. The van der Waals surface area contributed by atoms with E-state index in [-0.39, 0.29) is 11.7 Å². The van der Waals surface area contributed by atoms with Gasteiger partial charge in [-0.15, -0.1) is 0 Å². The molecule has 1 rings (SSSR count). The lowest BCUT2D eigenvalue weighted by Gasteiger charge is -2.17. The quantitative estimate of drug-likeness (QED) is 0.633. The maximum atomic E-state index is 11.6. The number of hydrogen-bond donors (Lipinski definition) is 3. The minimum atomic E-state index is -1.09. The fourth-order valence-corrected chi connectivity index (χ4v) is 1.81. The minimum Gasteiger partial charge on any atom is -0.477 e. The third-order valence-electron chi connectivity index (χ3n) is 3.07. The van der Waals surface area contributed by atoms with Crippen LogP contribution in [-0.2, 0) is 0 Å². The monoisotopic (exact) mass is 294 g/mol. The van der Waals surface area contributed by atoms with E-state index in [2.05, 4.69) is 34.4 Å². The first-order valence-electron chi connectivity index (χ1n) is 7.03. The molecule has 0 aliphatic heterocycles. The Kier molecular flexibility index (Phi) is 7.17. The summed E-state index contributed by atoms with van der Waals surface area (Å²) < 4.78 is 0. The third-order valence-corrected chi connectivity index (χ3v) is 3.07. The van der Waals surface area contributed by atoms with Crippen molar-refractivity contribution < 1.29 is 14.7 Å². The SMILES string of the molecule is CCN(CC)CCCNC(=O)Nc1ccc(C(=O)O)nc1. The first-order chi connectivity index (χ1) is 10.1. The lowest BCUT2D eigenvalue weighted by Crippen LogP contribution is -2.32. The first kappa shape index (κ1) is 16.9. The molecule has 0 aromatic carbocycles. The second kappa shape index (κ2) is 8.91. The third kappa shape index (κ3) is 6.22. The molecule has 7 heteroatoms. The highest BCUT2D eigenvalue weighted by Crippen LogP contribution is 2.05. The number of aromatic nitrogens is 1. The molecule has 1 heterocycles. The van der Waals surface area contributed by atoms with Crippen molar-refractivity contribution in [2.75, 3.05) is 31.5 Å². The van der Waals surface area contributed by atoms with E-state index in [1.807, 2.05) is 0 Å². The Morgan fingerprint density at radius 1 is 1.29 bits per heavy atom. The van der Waals surface area contributed by atoms with E-state index in [1.54, 1.807) is 0 Å². The molecule has 0 unspecified atom stereocenters. The number of pyridine rings is 1. The fraction of sp³-hybridized carbons (Fsp3) is 0.500. The predicted molar refractivity (Wildman–Crippen MR) is 80.6 cm³/mol. The van der Waals surface area contributed by atoms with Crippen molar-refractivity contribution in [2.45, 2.75) is 20.3 Å². The molecule has 7 nitrogen and oxygen atoms in total. The van der Waals surface area contributed by atoms with Gasteiger partial charge in [-0.3, -0.25) is 0 Å². The van der Waals surface area contributed by atoms with Crippen molar-refractivity contribution in [3.63, 3.8) is 0 Å². The van der Waals surface area contributed by atoms with E-state index in [0.29, 0.717) is 12.2 Å². The molecule has 0 spiro atoms. The van der Waals surface area contributed by atoms with Crippen LogP contribution < -0.4 is 10.6 Å². The Hall–Kier alpha value is -2.15. The maximum absolute atomic E-state index is 11.6. The number of carbonyl (C=O) groups excluding carboxylic acids is 1. The summed E-state index contributed by atoms with van der Waals surface area (Å²) in [7, 11) is 0. The number of urea groups is 1. The van der Waals surface area contributed by atoms with Crippen LogP contribution in [0.15, 0.2) is 18.3 Å². The van der Waals surface area contributed by atoms with E-state index in [0.717, 1.165) is 26.1 Å². The molecule has 0 aliphatic carbocycles. The summed E-state index contributed by atoms with van der Waals surface area (Å²) in [5, 5.41) is 14.1. The molecule has 1 aromatic rings. The van der Waals surface area contributed by atoms with Gasteiger partial charge in [0.1, 0.15) is 5.69 Å². The Bertz CT molecular complexity index is 458. The lowest BCUT2D eigenvalue weighted by atomic mass is 10.3. The zero-order chi connectivity index (χ0) is 15.7. The van der Waals surface area contributed by atoms with Gasteiger partial charge in [-0.2, -0.15) is 0 Å². The highest BCUT2D eigenvalue weighted by Gasteiger charge is 2.06. The molecule has 1 aromatic heterocycles. The summed E-state index contributed by atoms with van der Waals surface area (Å²) in [6.45, 7) is 7.76. The number of nitrogens with zero attached hydrogens (tertiary/aromatic N) is 2. The van der Waals surface area contributed by atoms with Gasteiger partial charge in [0.05, 0.1) is 11.9 Å². The highest BCUT2D eigenvalue weighted by molar-refractivity contribution is 5.90. The van der Waals surface area contributed by atoms with Crippen molar-refractivity contribution in [2.24, 2.45) is 0 Å². The van der Waals surface area contributed by atoms with E-state index < -0.39 is 5.97 Å². The van der Waals surface area contributed by atoms with Gasteiger partial charge in [0.2, 0.25) is 0 Å². The van der Waals surface area contributed by atoms with Gasteiger partial charge < -0.3 is 20.6 Å². The summed E-state index contributed by atoms with van der Waals surface area (Å²) in [5.74, 6) is -1.09. The second-order valence-corrected chi connectivity index (χ2v) is 4.50. The number of carboxylic acid groups (broad SMARTS) is 1. The number of rotatable bonds is 8. The molecule has 2 amide bonds. The summed E-state index contributed by atoms with van der Waals surface area (Å²) in [4.78, 5) is 28.3. The summed E-state index contributed by atoms with van der Waals surface area (Å²) >= 11 is 0. The minimum absolute atomic E-state index is 0.0554. The number of aromatic carboxylic acids is 1. The Labute approximate surface area is 124 Å². The lowest BCUT2D eigenvalue weighted by molar-refractivity contribution is 0.0690. The van der Waals surface area contributed by atoms with Crippen LogP contribution in [0, 0.1) is 0 Å². The number of nitrogens with one attached hydrogen (secondary N) is 2. The topological polar surface area (TPSA) is 94.6 Å². The van der Waals surface area contributed by atoms with Gasteiger partial charge in [-0.05, 0) is 38.2 Å². The van der Waals surface area contributed by atoms with Gasteiger partial charge in [0.25, 0.3) is 0 Å². The van der Waals surface area contributed by atoms with E-state index >= 15 is 0 Å². The molecule has 0 radical (unpaired) electrons. The highest BCUT2D eigenvalue weighted by atomic mass is 16.4. The van der Waals surface area contributed by atoms with Gasteiger partial charge in [-0.25, -0.2) is 14.6 Å². The van der Waals surface area contributed by atoms with Crippen molar-refractivity contribution in [1.82, 2.24) is 15.2 Å². The zero-order valence-electron chi connectivity index (χ0n) is 12.4. The Morgan fingerprint density at radius 2 is 2.00 bits per heavy atom. The van der Waals surface area contributed by atoms with Crippen LogP contribution >= 0.6 is 0 Å². The molecule has 0 aliphatic rings. The van der Waals surface area contributed by atoms with Crippen LogP contribution in [-0.4, -0.2) is 53.2 Å². The number of hydrogen-bond acceptors (Lipinski definition) is 4. The molecule has 3 N–H and O–H groups in total. The zero-order valence-corrected chi connectivity index (χ0v) is 12.4. The Morgan fingerprint density at radius 3 is 2.52 bits per heavy atom. The molecule has 0 bridgehead atoms. The molecule has 0 atom stereocenters. The largest absolute Gasteiger partial charge is 0.477 e. The molecular weight excluding hydrogens is 272 g/mol. The molecule has 21 heavy (non-hydrogen) atoms. The normalized spacial score (nSPS) is 10.4. The van der Waals surface area contributed by atoms with Crippen LogP contribution in [0.25, 0.3) is 0 Å². The smallest absolute Gasteiger partial charge is 0.354 e. The van der Waals surface area contributed by atoms with Gasteiger partial charge in [0.15, 0.2) is 0 Å². The van der Waals surface area contributed by atoms with E-state index in [1.165, 1.54) is 18.3 Å². The average molecular weight is 294 g/mol. The van der Waals surface area contributed by atoms with Crippen molar-refractivity contribution in [3.8, 4) is 0 Å². The van der Waals surface area contributed by atoms with Crippen LogP contribution in [0.4, 0.5) is 10.5 Å². The first-order valence-corrected chi connectivity index (χ1v) is 7.03. The molecule has 0 saturated heterocycles. The number of carbonyl (C=O) groups is 2. The Balaban J connectivity index is 2.29. The molecule has 0 saturated carbocycles. The van der Waals surface area contributed by atoms with Gasteiger partial charge >= 0.3 is 12.0 Å². The number of carboxylic acids is 1. The molecule has 116 valence electrons. The van der Waals surface area contributed by atoms with Crippen molar-refractivity contribution in [3.05, 3.63) is 24.0 Å². The standard InChI is InChI=1S/C14H22N4O3/c1-3-18(4-2)9-5-8-15-14(21)17-11-6-7-12(13(19)20)16-10-11/h6-7,10H,3-5,8-9H2,1-2H3,(H,19,20)(H2,15,17,21). The van der Waals surface area contributed by atoms with Crippen molar-refractivity contribution in [1.29, 1.82) is 0 Å². The van der Waals surface area contributed by atoms with Crippen LogP contribution in [0.2, 0.25) is 0 Å². The molecular formula is C14H22N4O3. The van der Waals surface area contributed by atoms with Crippen LogP contribution in [0.5, 0.6) is 0 Å². The van der Waals surface area contributed by atoms with Crippen LogP contribution in [0.3, 0.4) is 0 Å². The van der Waals surface area contributed by atoms with Crippen LogP contribution in [0.1, 0.15) is 30.8 Å². The van der Waals surface area contributed by atoms with Gasteiger partial charge in [-0.1, -0.05) is 13.8 Å². The predicted octanol–water partition coefficient (Wildman–Crippen LogP) is 1.63.